The maximum absolute atomic E-state index is 4.46. The number of pyridine rings is 1. The molecule has 0 amide bonds. The van der Waals surface area contributed by atoms with Crippen LogP contribution in [0.4, 0.5) is 0 Å². The minimum absolute atomic E-state index is 1.05. The first kappa shape index (κ1) is 12.6. The van der Waals surface area contributed by atoms with Crippen molar-refractivity contribution in [3.8, 4) is 11.1 Å². The quantitative estimate of drug-likeness (QED) is 0.348. The van der Waals surface area contributed by atoms with Gasteiger partial charge in [0.1, 0.15) is 0 Å². The van der Waals surface area contributed by atoms with Gasteiger partial charge in [0, 0.05) is 17.5 Å². The number of nitrogens with zero attached hydrogens (tertiary/aromatic N) is 1. The van der Waals surface area contributed by atoms with Crippen molar-refractivity contribution >= 4 is 32.3 Å². The van der Waals surface area contributed by atoms with Crippen molar-refractivity contribution in [2.75, 3.05) is 0 Å². The Kier molecular flexibility index (Phi) is 2.48. The molecule has 0 aliphatic rings. The fraction of sp³-hybridized carbons (Fsp3) is 0.0455. The predicted octanol–water partition coefficient (Wildman–Crippen LogP) is 5.95. The molecular formula is C22H15N. The monoisotopic (exact) mass is 293 g/mol. The van der Waals surface area contributed by atoms with Gasteiger partial charge in [-0.3, -0.25) is 4.98 Å². The van der Waals surface area contributed by atoms with Crippen molar-refractivity contribution < 1.29 is 0 Å². The van der Waals surface area contributed by atoms with Crippen LogP contribution in [0, 0.1) is 6.92 Å². The topological polar surface area (TPSA) is 12.9 Å². The Hall–Kier alpha value is -2.93. The number of aryl methyl sites for hydroxylation is 1. The Bertz CT molecular complexity index is 1140. The zero-order valence-electron chi connectivity index (χ0n) is 12.9. The van der Waals surface area contributed by atoms with Gasteiger partial charge in [-0.25, -0.2) is 0 Å². The van der Waals surface area contributed by atoms with Crippen molar-refractivity contribution in [1.29, 1.82) is 0 Å². The molecular weight excluding hydrogens is 278 g/mol. The van der Waals surface area contributed by atoms with E-state index >= 15 is 0 Å². The van der Waals surface area contributed by atoms with Crippen molar-refractivity contribution in [1.82, 2.24) is 4.98 Å². The van der Waals surface area contributed by atoms with E-state index in [2.05, 4.69) is 71.7 Å². The summed E-state index contributed by atoms with van der Waals surface area (Å²) in [5.74, 6) is 0. The van der Waals surface area contributed by atoms with Crippen LogP contribution in [0.3, 0.4) is 0 Å². The summed E-state index contributed by atoms with van der Waals surface area (Å²) < 4.78 is 0. The Balaban J connectivity index is 1.96. The average molecular weight is 293 g/mol. The standard InChI is InChI=1S/C22H15N/c1-14-5-6-18(13-23-14)19-11-9-17-8-7-15-3-2-4-16-10-12-20(19)22(17)21(15)16/h2-13H,1H3. The number of aromatic nitrogens is 1. The molecule has 0 spiro atoms. The summed E-state index contributed by atoms with van der Waals surface area (Å²) in [6.07, 6.45) is 1.97. The van der Waals surface area contributed by atoms with Gasteiger partial charge in [0.25, 0.3) is 0 Å². The van der Waals surface area contributed by atoms with E-state index in [0.29, 0.717) is 0 Å². The van der Waals surface area contributed by atoms with Gasteiger partial charge < -0.3 is 0 Å². The van der Waals surface area contributed by atoms with Crippen LogP contribution in [0.25, 0.3) is 43.4 Å². The highest BCUT2D eigenvalue weighted by Crippen LogP contribution is 2.38. The third kappa shape index (κ3) is 1.77. The van der Waals surface area contributed by atoms with Crippen LogP contribution in [0.1, 0.15) is 5.69 Å². The first-order valence-corrected chi connectivity index (χ1v) is 7.91. The molecule has 0 N–H and O–H groups in total. The molecule has 1 nitrogen and oxygen atoms in total. The number of hydrogen-bond donors (Lipinski definition) is 0. The zero-order chi connectivity index (χ0) is 15.4. The molecule has 0 radical (unpaired) electrons. The zero-order valence-corrected chi connectivity index (χ0v) is 12.9. The van der Waals surface area contributed by atoms with Crippen molar-refractivity contribution in [3.63, 3.8) is 0 Å². The van der Waals surface area contributed by atoms with Gasteiger partial charge in [-0.1, -0.05) is 60.7 Å². The van der Waals surface area contributed by atoms with E-state index in [1.807, 2.05) is 13.1 Å². The highest BCUT2D eigenvalue weighted by Gasteiger charge is 2.11. The summed E-state index contributed by atoms with van der Waals surface area (Å²) >= 11 is 0. The van der Waals surface area contributed by atoms with Crippen LogP contribution in [0.5, 0.6) is 0 Å². The maximum atomic E-state index is 4.46. The molecule has 0 aliphatic carbocycles. The molecule has 23 heavy (non-hydrogen) atoms. The Morgan fingerprint density at radius 3 is 2.09 bits per heavy atom. The Morgan fingerprint density at radius 1 is 0.652 bits per heavy atom. The van der Waals surface area contributed by atoms with Crippen LogP contribution >= 0.6 is 0 Å². The molecule has 0 saturated carbocycles. The predicted molar refractivity (Wildman–Crippen MR) is 98.1 cm³/mol. The van der Waals surface area contributed by atoms with Crippen LogP contribution in [0.15, 0.2) is 72.9 Å². The molecule has 0 atom stereocenters. The second kappa shape index (κ2) is 4.53. The summed E-state index contributed by atoms with van der Waals surface area (Å²) in [6.45, 7) is 2.02. The minimum atomic E-state index is 1.05. The molecule has 0 aliphatic heterocycles. The number of benzene rings is 4. The lowest BCUT2D eigenvalue weighted by Gasteiger charge is -2.14. The fourth-order valence-electron chi connectivity index (χ4n) is 3.61. The molecule has 108 valence electrons. The van der Waals surface area contributed by atoms with E-state index in [0.717, 1.165) is 5.69 Å². The van der Waals surface area contributed by atoms with Gasteiger partial charge in [0.2, 0.25) is 0 Å². The smallest absolute Gasteiger partial charge is 0.0373 e. The molecule has 4 aromatic carbocycles. The van der Waals surface area contributed by atoms with Gasteiger partial charge >= 0.3 is 0 Å². The molecule has 5 rings (SSSR count). The minimum Gasteiger partial charge on any atom is -0.261 e. The molecule has 0 saturated heterocycles. The number of rotatable bonds is 1. The maximum Gasteiger partial charge on any atom is 0.0373 e. The molecule has 1 heterocycles. The van der Waals surface area contributed by atoms with Crippen LogP contribution in [-0.4, -0.2) is 4.98 Å². The first-order valence-electron chi connectivity index (χ1n) is 7.91. The molecule has 1 aromatic heterocycles. The normalized spacial score (nSPS) is 11.7. The van der Waals surface area contributed by atoms with Gasteiger partial charge in [0.05, 0.1) is 0 Å². The van der Waals surface area contributed by atoms with Crippen molar-refractivity contribution in [2.24, 2.45) is 0 Å². The van der Waals surface area contributed by atoms with Crippen molar-refractivity contribution in [2.45, 2.75) is 6.92 Å². The fourth-order valence-corrected chi connectivity index (χ4v) is 3.61. The van der Waals surface area contributed by atoms with E-state index < -0.39 is 0 Å². The summed E-state index contributed by atoms with van der Waals surface area (Å²) in [5.41, 5.74) is 3.48. The van der Waals surface area contributed by atoms with Gasteiger partial charge in [-0.2, -0.15) is 0 Å². The Morgan fingerprint density at radius 2 is 1.35 bits per heavy atom. The lowest BCUT2D eigenvalue weighted by Crippen LogP contribution is -1.88. The Labute approximate surface area is 134 Å². The van der Waals surface area contributed by atoms with E-state index in [-0.39, 0.29) is 0 Å². The molecule has 5 aromatic rings. The van der Waals surface area contributed by atoms with Crippen molar-refractivity contribution in [3.05, 3.63) is 78.6 Å². The van der Waals surface area contributed by atoms with Crippen LogP contribution in [0.2, 0.25) is 0 Å². The molecule has 0 unspecified atom stereocenters. The summed E-state index contributed by atoms with van der Waals surface area (Å²) in [4.78, 5) is 4.46. The SMILES string of the molecule is Cc1ccc(-c2ccc3ccc4cccc5ccc2c3c45)cn1. The van der Waals surface area contributed by atoms with Gasteiger partial charge in [0.15, 0.2) is 0 Å². The van der Waals surface area contributed by atoms with Gasteiger partial charge in [-0.05, 0) is 50.9 Å². The second-order valence-corrected chi connectivity index (χ2v) is 6.16. The molecule has 0 bridgehead atoms. The summed E-state index contributed by atoms with van der Waals surface area (Å²) in [5, 5.41) is 7.94. The summed E-state index contributed by atoms with van der Waals surface area (Å²) in [7, 11) is 0. The lowest BCUT2D eigenvalue weighted by molar-refractivity contribution is 1.20. The van der Waals surface area contributed by atoms with Gasteiger partial charge in [-0.15, -0.1) is 0 Å². The van der Waals surface area contributed by atoms with Crippen LogP contribution < -0.4 is 0 Å². The highest BCUT2D eigenvalue weighted by atomic mass is 14.7. The lowest BCUT2D eigenvalue weighted by atomic mass is 9.90. The van der Waals surface area contributed by atoms with E-state index in [1.165, 1.54) is 43.4 Å². The third-order valence-corrected chi connectivity index (χ3v) is 4.75. The third-order valence-electron chi connectivity index (χ3n) is 4.75. The van der Waals surface area contributed by atoms with Crippen LogP contribution in [-0.2, 0) is 0 Å². The first-order chi connectivity index (χ1) is 11.3. The molecule has 1 heteroatoms. The summed E-state index contributed by atoms with van der Waals surface area (Å²) in [6, 6.07) is 24.1. The largest absolute Gasteiger partial charge is 0.261 e. The second-order valence-electron chi connectivity index (χ2n) is 6.16. The average Bonchev–Trinajstić information content (AvgIpc) is 2.60. The van der Waals surface area contributed by atoms with E-state index in [4.69, 9.17) is 0 Å². The van der Waals surface area contributed by atoms with E-state index in [9.17, 15) is 0 Å². The highest BCUT2D eigenvalue weighted by molar-refractivity contribution is 6.25. The molecule has 0 fully saturated rings. The van der Waals surface area contributed by atoms with E-state index in [1.54, 1.807) is 0 Å². The number of hydrogen-bond acceptors (Lipinski definition) is 1.